The Morgan fingerprint density at radius 2 is 1.51 bits per heavy atom. The summed E-state index contributed by atoms with van der Waals surface area (Å²) in [5.74, 6) is -7.27. The van der Waals surface area contributed by atoms with E-state index in [2.05, 4.69) is 26.0 Å². The largest absolute Gasteiger partial charge is 0.460 e. The van der Waals surface area contributed by atoms with Gasteiger partial charge in [-0.3, -0.25) is 14.4 Å². The molecule has 4 fully saturated rings. The van der Waals surface area contributed by atoms with Crippen molar-refractivity contribution in [2.24, 2.45) is 35.5 Å². The first kappa shape index (κ1) is 64.3. The molecule has 1 aliphatic carbocycles. The molecule has 0 radical (unpaired) electrons. The Hall–Kier alpha value is -3.90. The van der Waals surface area contributed by atoms with Crippen molar-refractivity contribution in [3.05, 3.63) is 83.5 Å². The number of benzene rings is 1. The van der Waals surface area contributed by atoms with Gasteiger partial charge in [-0.25, -0.2) is 4.79 Å². The summed E-state index contributed by atoms with van der Waals surface area (Å²) in [7, 11) is 4.72. The number of hydrogen-bond donors (Lipinski definition) is 3. The van der Waals surface area contributed by atoms with E-state index in [1.54, 1.807) is 34.1 Å². The Bertz CT molecular complexity index is 2280. The molecule has 3 N–H and O–H groups in total. The fraction of sp³-hybridized carbons (Fsp3) is 0.719. The number of esters is 1. The maximum absolute atomic E-state index is 14.7. The smallest absolute Gasteiger partial charge is 0.329 e. The molecule has 4 aliphatic heterocycles. The van der Waals surface area contributed by atoms with Gasteiger partial charge in [-0.1, -0.05) is 101 Å². The van der Waals surface area contributed by atoms with Gasteiger partial charge in [0, 0.05) is 58.5 Å². The van der Waals surface area contributed by atoms with Crippen molar-refractivity contribution >= 4 is 23.4 Å². The number of ketones is 2. The maximum atomic E-state index is 14.7. The van der Waals surface area contributed by atoms with Crippen LogP contribution in [-0.2, 0) is 52.3 Å². The highest BCUT2D eigenvalue weighted by Crippen LogP contribution is 2.43. The highest BCUT2D eigenvalue weighted by molar-refractivity contribution is 6.39. The van der Waals surface area contributed by atoms with E-state index >= 15 is 0 Å². The van der Waals surface area contributed by atoms with Gasteiger partial charge in [0.1, 0.15) is 24.4 Å². The quantitative estimate of drug-likeness (QED) is 0.120. The highest BCUT2D eigenvalue weighted by atomic mass is 16.6. The van der Waals surface area contributed by atoms with E-state index in [1.807, 2.05) is 83.2 Å². The summed E-state index contributed by atoms with van der Waals surface area (Å²) in [5, 5.41) is 35.8. The first-order chi connectivity index (χ1) is 37.5. The number of piperidine rings is 1. The fourth-order valence-corrected chi connectivity index (χ4v) is 12.9. The van der Waals surface area contributed by atoms with E-state index in [0.717, 1.165) is 36.8 Å². The molecule has 79 heavy (non-hydrogen) atoms. The summed E-state index contributed by atoms with van der Waals surface area (Å²) in [6, 6.07) is 9.18. The second kappa shape index (κ2) is 29.4. The number of amides is 1. The van der Waals surface area contributed by atoms with Gasteiger partial charge in [-0.2, -0.15) is 0 Å². The molecular weight excluding hydrogens is 1010 g/mol. The average Bonchev–Trinajstić information content (AvgIpc) is 3.44. The van der Waals surface area contributed by atoms with Crippen LogP contribution in [0.3, 0.4) is 0 Å². The number of allylic oxidation sites excluding steroid dienone is 5. The van der Waals surface area contributed by atoms with E-state index in [0.29, 0.717) is 56.9 Å². The lowest BCUT2D eigenvalue weighted by Crippen LogP contribution is -2.61. The number of hydrogen-bond acceptors (Lipinski definition) is 14. The van der Waals surface area contributed by atoms with Crippen LogP contribution < -0.4 is 0 Å². The second-order valence-electron chi connectivity index (χ2n) is 24.6. The Balaban J connectivity index is 1.25. The van der Waals surface area contributed by atoms with Crippen LogP contribution in [0.2, 0.25) is 0 Å². The third-order valence-electron chi connectivity index (χ3n) is 18.1. The number of carbonyl (C=O) groups excluding carboxylic acids is 4. The molecule has 3 saturated heterocycles. The van der Waals surface area contributed by atoms with Crippen LogP contribution in [0, 0.1) is 35.5 Å². The van der Waals surface area contributed by atoms with Crippen LogP contribution in [0.5, 0.6) is 0 Å². The zero-order valence-electron chi connectivity index (χ0n) is 49.6. The molecule has 15 heteroatoms. The van der Waals surface area contributed by atoms with Crippen LogP contribution in [0.15, 0.2) is 77.9 Å². The zero-order valence-corrected chi connectivity index (χ0v) is 49.6. The minimum absolute atomic E-state index is 0.00546. The van der Waals surface area contributed by atoms with Crippen molar-refractivity contribution in [2.45, 2.75) is 231 Å². The third kappa shape index (κ3) is 16.7. The summed E-state index contributed by atoms with van der Waals surface area (Å²) in [5.41, 5.74) is 1.98. The lowest BCUT2D eigenvalue weighted by Gasteiger charge is -2.46. The SMILES string of the molecule is COC1CC(C[C@H](C)[C@@H]2CC(O)[C@H](C)/C=C(\C)C(O)[C@@H](OC)C(=O)[C@H](C)C[C@H](C)/C=C/C=C/C=C(\C)[C@@H](OC)C[C@@H]3CC[C@@H](C)[C@@](O)(O3)C(=O)C(=O)N3CCCC[C@H]3C(=O)O2)CCC1OC1CC[C@H](c2ccccc2)OC1(C)C. The summed E-state index contributed by atoms with van der Waals surface area (Å²) in [4.78, 5) is 58.8. The molecule has 6 unspecified atom stereocenters. The summed E-state index contributed by atoms with van der Waals surface area (Å²) < 4.78 is 44.0. The number of aliphatic hydroxyl groups excluding tert-OH is 2. The van der Waals surface area contributed by atoms with E-state index in [1.165, 1.54) is 12.0 Å². The van der Waals surface area contributed by atoms with E-state index in [9.17, 15) is 34.5 Å². The molecule has 1 aromatic carbocycles. The van der Waals surface area contributed by atoms with Crippen molar-refractivity contribution in [2.75, 3.05) is 27.9 Å². The molecule has 18 atom stereocenters. The van der Waals surface area contributed by atoms with E-state index in [4.69, 9.17) is 33.2 Å². The molecule has 2 bridgehead atoms. The number of ether oxygens (including phenoxy) is 7. The zero-order chi connectivity index (χ0) is 57.8. The number of aliphatic hydroxyl groups is 3. The van der Waals surface area contributed by atoms with E-state index in [-0.39, 0.29) is 67.3 Å². The summed E-state index contributed by atoms with van der Waals surface area (Å²) >= 11 is 0. The molecule has 442 valence electrons. The lowest BCUT2D eigenvalue weighted by molar-refractivity contribution is -0.265. The molecular formula is C64H97NO14. The van der Waals surface area contributed by atoms with Crippen LogP contribution in [0.1, 0.15) is 164 Å². The Labute approximate surface area is 471 Å². The molecule has 6 rings (SSSR count). The summed E-state index contributed by atoms with van der Waals surface area (Å²) in [6.07, 6.45) is 13.4. The van der Waals surface area contributed by atoms with Gasteiger partial charge in [-0.05, 0) is 139 Å². The Morgan fingerprint density at radius 1 is 0.772 bits per heavy atom. The number of fused-ring (bicyclic) bond motifs is 3. The van der Waals surface area contributed by atoms with Gasteiger partial charge in [-0.15, -0.1) is 0 Å². The normalized spacial score (nSPS) is 40.0. The number of rotatable bonds is 9. The Morgan fingerprint density at radius 3 is 2.19 bits per heavy atom. The minimum Gasteiger partial charge on any atom is -0.460 e. The fourth-order valence-electron chi connectivity index (χ4n) is 12.9. The van der Waals surface area contributed by atoms with Gasteiger partial charge in [0.05, 0.1) is 48.3 Å². The van der Waals surface area contributed by atoms with Crippen molar-refractivity contribution in [3.8, 4) is 0 Å². The van der Waals surface area contributed by atoms with Gasteiger partial charge >= 0.3 is 5.97 Å². The van der Waals surface area contributed by atoms with Crippen molar-refractivity contribution in [1.29, 1.82) is 0 Å². The Kier molecular flexibility index (Phi) is 23.9. The first-order valence-corrected chi connectivity index (χ1v) is 29.5. The van der Waals surface area contributed by atoms with Crippen molar-refractivity contribution in [3.63, 3.8) is 0 Å². The predicted molar refractivity (Wildman–Crippen MR) is 302 cm³/mol. The standard InChI is InChI=1S/C64H97NO14/c1-39-21-15-13-16-22-40(2)53(73-10)37-48-28-26-45(7)64(72,78-48)60(69)61(70)65-32-20-19-25-49(65)62(71)77-54(38-50(66)41(3)34-44(6)58(68)59(75-12)57(67)43(5)33-39)42(4)35-46-27-29-52(55(36-46)74-11)76-56-31-30-51(79-63(56,8)9)47-23-17-14-18-24-47/h13-18,21-24,34,39,41-43,45-46,48-56,58-59,66,68,72H,19-20,25-33,35-38H2,1-12H3/b16-13+,21-15+,40-22+,44-34+/t39-,41-,42+,43-,45-,46?,48+,49+,50?,51-,52?,53+,54+,55?,56?,58?,59+,64-/m1/s1. The number of methoxy groups -OCH3 is 3. The monoisotopic (exact) mass is 1100 g/mol. The third-order valence-corrected chi connectivity index (χ3v) is 18.1. The molecule has 1 saturated carbocycles. The maximum Gasteiger partial charge on any atom is 0.329 e. The predicted octanol–water partition coefficient (Wildman–Crippen LogP) is 9.70. The van der Waals surface area contributed by atoms with Crippen LogP contribution >= 0.6 is 0 Å². The first-order valence-electron chi connectivity index (χ1n) is 29.5. The number of cyclic esters (lactones) is 1. The highest BCUT2D eigenvalue weighted by Gasteiger charge is 2.53. The van der Waals surface area contributed by atoms with Crippen LogP contribution in [0.25, 0.3) is 0 Å². The van der Waals surface area contributed by atoms with E-state index < -0.39 is 89.5 Å². The summed E-state index contributed by atoms with van der Waals surface area (Å²) in [6.45, 7) is 17.3. The number of nitrogens with zero attached hydrogens (tertiary/aromatic N) is 1. The van der Waals surface area contributed by atoms with Crippen molar-refractivity contribution in [1.82, 2.24) is 4.90 Å². The van der Waals surface area contributed by atoms with Gasteiger partial charge < -0.3 is 53.4 Å². The molecule has 0 aromatic heterocycles. The van der Waals surface area contributed by atoms with Crippen LogP contribution in [0.4, 0.5) is 0 Å². The molecule has 5 aliphatic rings. The molecule has 4 heterocycles. The molecule has 15 nitrogen and oxygen atoms in total. The topological polar surface area (TPSA) is 197 Å². The second-order valence-corrected chi connectivity index (χ2v) is 24.6. The van der Waals surface area contributed by atoms with Crippen LogP contribution in [-0.4, -0.2) is 144 Å². The average molecular weight is 1100 g/mol. The van der Waals surface area contributed by atoms with Gasteiger partial charge in [0.25, 0.3) is 11.7 Å². The number of Topliss-reactive ketones (excluding diaryl/α,β-unsaturated/α-hetero) is 2. The number of carbonyl (C=O) groups is 4. The minimum atomic E-state index is -2.43. The molecule has 0 spiro atoms. The van der Waals surface area contributed by atoms with Crippen molar-refractivity contribution < 1.29 is 67.7 Å². The van der Waals surface area contributed by atoms with Gasteiger partial charge in [0.15, 0.2) is 5.78 Å². The lowest BCUT2D eigenvalue weighted by atomic mass is 9.78. The molecule has 1 aromatic rings. The van der Waals surface area contributed by atoms with Gasteiger partial charge in [0.2, 0.25) is 5.79 Å². The molecule has 1 amide bonds.